The zero-order chi connectivity index (χ0) is 14.1. The molecule has 18 heavy (non-hydrogen) atoms. The molecule has 0 bridgehead atoms. The van der Waals surface area contributed by atoms with E-state index in [4.69, 9.17) is 10.2 Å². The second-order valence-corrected chi connectivity index (χ2v) is 4.38. The fourth-order valence-electron chi connectivity index (χ4n) is 1.48. The maximum absolute atomic E-state index is 11.7. The highest BCUT2D eigenvalue weighted by Crippen LogP contribution is 2.09. The molecule has 0 aromatic carbocycles. The van der Waals surface area contributed by atoms with Crippen molar-refractivity contribution in [2.24, 2.45) is 5.92 Å². The topological polar surface area (TPSA) is 104 Å². The van der Waals surface area contributed by atoms with E-state index in [-0.39, 0.29) is 24.7 Å². The molecule has 104 valence electrons. The summed E-state index contributed by atoms with van der Waals surface area (Å²) >= 11 is 0. The first-order valence-electron chi connectivity index (χ1n) is 6.13. The van der Waals surface area contributed by atoms with E-state index in [0.29, 0.717) is 6.42 Å². The lowest BCUT2D eigenvalue weighted by Crippen LogP contribution is -2.43. The first kappa shape index (κ1) is 16.4. The van der Waals surface area contributed by atoms with Gasteiger partial charge in [0.25, 0.3) is 0 Å². The van der Waals surface area contributed by atoms with Crippen molar-refractivity contribution >= 4 is 17.8 Å². The molecule has 2 unspecified atom stereocenters. The van der Waals surface area contributed by atoms with Crippen molar-refractivity contribution in [3.05, 3.63) is 0 Å². The molecule has 0 rings (SSSR count). The third-order valence-corrected chi connectivity index (χ3v) is 2.70. The van der Waals surface area contributed by atoms with Crippen molar-refractivity contribution < 1.29 is 24.6 Å². The summed E-state index contributed by atoms with van der Waals surface area (Å²) in [5, 5.41) is 19.8. The lowest BCUT2D eigenvalue weighted by atomic mass is 10.0. The molecule has 2 atom stereocenters. The van der Waals surface area contributed by atoms with Crippen LogP contribution in [0.4, 0.5) is 0 Å². The van der Waals surface area contributed by atoms with Crippen LogP contribution >= 0.6 is 0 Å². The van der Waals surface area contributed by atoms with E-state index in [0.717, 1.165) is 12.8 Å². The number of rotatable bonds is 9. The molecule has 0 spiro atoms. The lowest BCUT2D eigenvalue weighted by molar-refractivity contribution is -0.143. The highest BCUT2D eigenvalue weighted by molar-refractivity contribution is 5.85. The Morgan fingerprint density at radius 2 is 1.78 bits per heavy atom. The van der Waals surface area contributed by atoms with E-state index in [1.54, 1.807) is 6.92 Å². The van der Waals surface area contributed by atoms with Gasteiger partial charge in [0.15, 0.2) is 0 Å². The van der Waals surface area contributed by atoms with Gasteiger partial charge in [0.1, 0.15) is 6.04 Å². The summed E-state index contributed by atoms with van der Waals surface area (Å²) in [6.07, 6.45) is 2.20. The van der Waals surface area contributed by atoms with Crippen LogP contribution in [-0.4, -0.2) is 34.1 Å². The summed E-state index contributed by atoms with van der Waals surface area (Å²) in [5.74, 6) is -2.86. The molecule has 0 aromatic rings. The Bertz CT molecular complexity index is 303. The third kappa shape index (κ3) is 6.88. The second kappa shape index (κ2) is 8.49. The molecule has 0 heterocycles. The Balaban J connectivity index is 4.26. The van der Waals surface area contributed by atoms with Gasteiger partial charge in [0.2, 0.25) is 5.91 Å². The molecule has 0 aliphatic heterocycles. The fraction of sp³-hybridized carbons (Fsp3) is 0.750. The van der Waals surface area contributed by atoms with Crippen molar-refractivity contribution in [3.63, 3.8) is 0 Å². The quantitative estimate of drug-likeness (QED) is 0.578. The largest absolute Gasteiger partial charge is 0.481 e. The molecular formula is C12H21NO5. The van der Waals surface area contributed by atoms with E-state index in [2.05, 4.69) is 5.32 Å². The summed E-state index contributed by atoms with van der Waals surface area (Å²) < 4.78 is 0. The van der Waals surface area contributed by atoms with Crippen LogP contribution < -0.4 is 5.32 Å². The third-order valence-electron chi connectivity index (χ3n) is 2.70. The Labute approximate surface area is 106 Å². The first-order valence-corrected chi connectivity index (χ1v) is 6.13. The van der Waals surface area contributed by atoms with Crippen molar-refractivity contribution in [1.29, 1.82) is 0 Å². The number of carboxylic acids is 2. The maximum atomic E-state index is 11.7. The average molecular weight is 259 g/mol. The van der Waals surface area contributed by atoms with Crippen LogP contribution in [0.2, 0.25) is 0 Å². The van der Waals surface area contributed by atoms with Gasteiger partial charge in [-0.25, -0.2) is 4.79 Å². The summed E-state index contributed by atoms with van der Waals surface area (Å²) in [5.41, 5.74) is 0. The van der Waals surface area contributed by atoms with Crippen LogP contribution in [0, 0.1) is 5.92 Å². The SMILES string of the molecule is CCCCC(C)C(=O)NC(CCC(=O)O)C(=O)O. The summed E-state index contributed by atoms with van der Waals surface area (Å²) in [6, 6.07) is -1.13. The van der Waals surface area contributed by atoms with Gasteiger partial charge in [0, 0.05) is 12.3 Å². The molecule has 0 fully saturated rings. The predicted molar refractivity (Wildman–Crippen MR) is 65.1 cm³/mol. The minimum atomic E-state index is -1.20. The number of hydrogen-bond acceptors (Lipinski definition) is 3. The van der Waals surface area contributed by atoms with Gasteiger partial charge in [-0.3, -0.25) is 9.59 Å². The second-order valence-electron chi connectivity index (χ2n) is 4.38. The molecule has 0 aliphatic rings. The number of nitrogens with one attached hydrogen (secondary N) is 1. The van der Waals surface area contributed by atoms with E-state index in [9.17, 15) is 14.4 Å². The normalized spacial score (nSPS) is 13.7. The van der Waals surface area contributed by atoms with Crippen molar-refractivity contribution in [1.82, 2.24) is 5.32 Å². The summed E-state index contributed by atoms with van der Waals surface area (Å²) in [4.78, 5) is 32.9. The molecule has 6 nitrogen and oxygen atoms in total. The predicted octanol–water partition coefficient (Wildman–Crippen LogP) is 1.25. The van der Waals surface area contributed by atoms with Crippen LogP contribution in [0.3, 0.4) is 0 Å². The first-order chi connectivity index (χ1) is 8.38. The van der Waals surface area contributed by atoms with Gasteiger partial charge in [-0.05, 0) is 12.8 Å². The van der Waals surface area contributed by atoms with Gasteiger partial charge < -0.3 is 15.5 Å². The fourth-order valence-corrected chi connectivity index (χ4v) is 1.48. The minimum absolute atomic E-state index is 0.100. The number of aliphatic carboxylic acids is 2. The van der Waals surface area contributed by atoms with Gasteiger partial charge in [-0.15, -0.1) is 0 Å². The molecule has 1 amide bonds. The van der Waals surface area contributed by atoms with Crippen LogP contribution in [0.1, 0.15) is 46.0 Å². The molecule has 3 N–H and O–H groups in total. The Kier molecular flexibility index (Phi) is 7.74. The van der Waals surface area contributed by atoms with Gasteiger partial charge in [-0.2, -0.15) is 0 Å². The number of carbonyl (C=O) groups is 3. The van der Waals surface area contributed by atoms with Crippen molar-refractivity contribution in [3.8, 4) is 0 Å². The Hall–Kier alpha value is -1.59. The average Bonchev–Trinajstić information content (AvgIpc) is 2.30. The molecular weight excluding hydrogens is 238 g/mol. The highest BCUT2D eigenvalue weighted by Gasteiger charge is 2.23. The van der Waals surface area contributed by atoms with Crippen LogP contribution in [-0.2, 0) is 14.4 Å². The lowest BCUT2D eigenvalue weighted by Gasteiger charge is -2.17. The number of hydrogen-bond donors (Lipinski definition) is 3. The van der Waals surface area contributed by atoms with Gasteiger partial charge in [0.05, 0.1) is 0 Å². The molecule has 0 aliphatic carbocycles. The summed E-state index contributed by atoms with van der Waals surface area (Å²) in [7, 11) is 0. The monoisotopic (exact) mass is 259 g/mol. The van der Waals surface area contributed by atoms with Crippen LogP contribution in [0.5, 0.6) is 0 Å². The maximum Gasteiger partial charge on any atom is 0.326 e. The number of carboxylic acid groups (broad SMARTS) is 2. The molecule has 0 saturated heterocycles. The van der Waals surface area contributed by atoms with Crippen molar-refractivity contribution in [2.45, 2.75) is 52.0 Å². The van der Waals surface area contributed by atoms with Gasteiger partial charge in [-0.1, -0.05) is 26.7 Å². The van der Waals surface area contributed by atoms with E-state index < -0.39 is 18.0 Å². The Morgan fingerprint density at radius 1 is 1.17 bits per heavy atom. The number of amides is 1. The van der Waals surface area contributed by atoms with E-state index in [1.807, 2.05) is 6.92 Å². The Morgan fingerprint density at radius 3 is 2.22 bits per heavy atom. The smallest absolute Gasteiger partial charge is 0.326 e. The standard InChI is InChI=1S/C12H21NO5/c1-3-4-5-8(2)11(16)13-9(12(17)18)6-7-10(14)15/h8-9H,3-7H2,1-2H3,(H,13,16)(H,14,15)(H,17,18). The molecule has 0 saturated carbocycles. The number of unbranched alkanes of at least 4 members (excludes halogenated alkanes) is 1. The minimum Gasteiger partial charge on any atom is -0.481 e. The highest BCUT2D eigenvalue weighted by atomic mass is 16.4. The molecule has 6 heteroatoms. The van der Waals surface area contributed by atoms with Crippen molar-refractivity contribution in [2.75, 3.05) is 0 Å². The van der Waals surface area contributed by atoms with E-state index in [1.165, 1.54) is 0 Å². The van der Waals surface area contributed by atoms with E-state index >= 15 is 0 Å². The summed E-state index contributed by atoms with van der Waals surface area (Å²) in [6.45, 7) is 3.75. The van der Waals surface area contributed by atoms with Crippen LogP contribution in [0.15, 0.2) is 0 Å². The molecule has 0 radical (unpaired) electrons. The molecule has 0 aromatic heterocycles. The van der Waals surface area contributed by atoms with Crippen LogP contribution in [0.25, 0.3) is 0 Å². The zero-order valence-electron chi connectivity index (χ0n) is 10.8. The van der Waals surface area contributed by atoms with Gasteiger partial charge >= 0.3 is 11.9 Å². The zero-order valence-corrected chi connectivity index (χ0v) is 10.8. The number of carbonyl (C=O) groups excluding carboxylic acids is 1.